The van der Waals surface area contributed by atoms with Crippen LogP contribution in [0.3, 0.4) is 0 Å². The maximum Gasteiger partial charge on any atom is 0.259 e. The molecule has 136 valence electrons. The fourth-order valence-electron chi connectivity index (χ4n) is 3.57. The molecule has 2 heterocycles. The Morgan fingerprint density at radius 1 is 1.07 bits per heavy atom. The summed E-state index contributed by atoms with van der Waals surface area (Å²) in [4.78, 5) is 19.3. The van der Waals surface area contributed by atoms with Crippen LogP contribution in [0.2, 0.25) is 0 Å². The van der Waals surface area contributed by atoms with E-state index in [2.05, 4.69) is 36.3 Å². The molecular weight excluding hydrogens is 334 g/mol. The number of aromatic nitrogens is 1. The van der Waals surface area contributed by atoms with Crippen LogP contribution in [0, 0.1) is 13.8 Å². The zero-order valence-corrected chi connectivity index (χ0v) is 15.7. The maximum atomic E-state index is 13.1. The van der Waals surface area contributed by atoms with Crippen molar-refractivity contribution in [3.05, 3.63) is 83.2 Å². The molecule has 3 aromatic rings. The average Bonchev–Trinajstić information content (AvgIpc) is 2.71. The van der Waals surface area contributed by atoms with E-state index >= 15 is 0 Å². The van der Waals surface area contributed by atoms with E-state index in [4.69, 9.17) is 0 Å². The van der Waals surface area contributed by atoms with Crippen molar-refractivity contribution in [3.63, 3.8) is 0 Å². The maximum absolute atomic E-state index is 13.1. The minimum absolute atomic E-state index is 0.000681. The third-order valence-corrected chi connectivity index (χ3v) is 5.22. The highest BCUT2D eigenvalue weighted by Crippen LogP contribution is 2.29. The van der Waals surface area contributed by atoms with Crippen molar-refractivity contribution in [2.75, 3.05) is 16.8 Å². The fraction of sp³-hybridized carbons (Fsp3) is 0.217. The molecule has 4 nitrogen and oxygen atoms in total. The number of benzene rings is 2. The van der Waals surface area contributed by atoms with E-state index in [9.17, 15) is 4.79 Å². The second-order valence-corrected chi connectivity index (χ2v) is 7.02. The topological polar surface area (TPSA) is 45.2 Å². The number of pyridine rings is 1. The number of aryl methyl sites for hydroxylation is 2. The lowest BCUT2D eigenvalue weighted by atomic mass is 10.0. The number of hydrogen-bond acceptors (Lipinski definition) is 3. The van der Waals surface area contributed by atoms with Crippen LogP contribution in [0.4, 0.5) is 17.1 Å². The van der Waals surface area contributed by atoms with Crippen molar-refractivity contribution in [2.45, 2.75) is 26.7 Å². The van der Waals surface area contributed by atoms with Crippen molar-refractivity contribution in [1.82, 2.24) is 4.98 Å². The molecule has 1 aliphatic rings. The molecule has 0 atom stereocenters. The van der Waals surface area contributed by atoms with E-state index in [0.717, 1.165) is 36.4 Å². The summed E-state index contributed by atoms with van der Waals surface area (Å²) in [6.07, 6.45) is 5.40. The number of para-hydroxylation sites is 1. The lowest BCUT2D eigenvalue weighted by molar-refractivity contribution is 0.0985. The summed E-state index contributed by atoms with van der Waals surface area (Å²) in [6, 6.07) is 16.2. The molecule has 1 aromatic heterocycles. The lowest BCUT2D eigenvalue weighted by Gasteiger charge is -2.29. The highest BCUT2D eigenvalue weighted by atomic mass is 16.2. The lowest BCUT2D eigenvalue weighted by Crippen LogP contribution is -2.35. The van der Waals surface area contributed by atoms with E-state index in [0.29, 0.717) is 5.56 Å². The van der Waals surface area contributed by atoms with Crippen LogP contribution in [-0.4, -0.2) is 17.4 Å². The molecule has 2 aromatic carbocycles. The van der Waals surface area contributed by atoms with Crippen LogP contribution in [0.25, 0.3) is 0 Å². The van der Waals surface area contributed by atoms with Crippen molar-refractivity contribution in [1.29, 1.82) is 0 Å². The standard InChI is InChI=1S/C23H23N3O/c1-16-7-5-10-21(17(16)2)25-20-13-19(14-24-15-20)23(27)26-12-6-9-18-8-3-4-11-22(18)26/h3-5,7-8,10-11,13-15,25H,6,9,12H2,1-2H3. The van der Waals surface area contributed by atoms with Gasteiger partial charge < -0.3 is 10.2 Å². The minimum Gasteiger partial charge on any atom is -0.354 e. The van der Waals surface area contributed by atoms with Crippen molar-refractivity contribution in [3.8, 4) is 0 Å². The monoisotopic (exact) mass is 357 g/mol. The first-order valence-corrected chi connectivity index (χ1v) is 9.31. The molecule has 0 unspecified atom stereocenters. The largest absolute Gasteiger partial charge is 0.354 e. The molecule has 1 amide bonds. The molecule has 1 N–H and O–H groups in total. The molecule has 0 bridgehead atoms. The summed E-state index contributed by atoms with van der Waals surface area (Å²) in [5, 5.41) is 3.40. The molecule has 4 rings (SSSR count). The highest BCUT2D eigenvalue weighted by Gasteiger charge is 2.23. The molecule has 0 fully saturated rings. The van der Waals surface area contributed by atoms with E-state index < -0.39 is 0 Å². The first kappa shape index (κ1) is 17.3. The number of carbonyl (C=O) groups is 1. The molecule has 0 saturated carbocycles. The molecule has 0 aliphatic carbocycles. The third kappa shape index (κ3) is 3.43. The smallest absolute Gasteiger partial charge is 0.259 e. The Labute approximate surface area is 159 Å². The van der Waals surface area contributed by atoms with Crippen LogP contribution in [0.15, 0.2) is 60.9 Å². The van der Waals surface area contributed by atoms with Crippen LogP contribution in [0.5, 0.6) is 0 Å². The molecular formula is C23H23N3O. The van der Waals surface area contributed by atoms with Gasteiger partial charge in [0.15, 0.2) is 0 Å². The van der Waals surface area contributed by atoms with Crippen LogP contribution >= 0.6 is 0 Å². The summed E-state index contributed by atoms with van der Waals surface area (Å²) in [6.45, 7) is 4.92. The fourth-order valence-corrected chi connectivity index (χ4v) is 3.57. The van der Waals surface area contributed by atoms with E-state index in [1.807, 2.05) is 41.3 Å². The Hall–Kier alpha value is -3.14. The van der Waals surface area contributed by atoms with Crippen molar-refractivity contribution < 1.29 is 4.79 Å². The first-order valence-electron chi connectivity index (χ1n) is 9.31. The first-order chi connectivity index (χ1) is 13.1. The second-order valence-electron chi connectivity index (χ2n) is 7.02. The van der Waals surface area contributed by atoms with Gasteiger partial charge in [-0.25, -0.2) is 0 Å². The molecule has 0 saturated heterocycles. The van der Waals surface area contributed by atoms with Crippen LogP contribution in [-0.2, 0) is 6.42 Å². The Kier molecular flexibility index (Phi) is 4.63. The molecule has 0 spiro atoms. The van der Waals surface area contributed by atoms with Gasteiger partial charge in [-0.1, -0.05) is 30.3 Å². The number of rotatable bonds is 3. The van der Waals surface area contributed by atoms with Gasteiger partial charge in [0, 0.05) is 24.1 Å². The van der Waals surface area contributed by atoms with E-state index in [1.54, 1.807) is 12.4 Å². The van der Waals surface area contributed by atoms with Gasteiger partial charge in [-0.3, -0.25) is 9.78 Å². The van der Waals surface area contributed by atoms with Gasteiger partial charge in [-0.15, -0.1) is 0 Å². The Morgan fingerprint density at radius 3 is 2.81 bits per heavy atom. The summed E-state index contributed by atoms with van der Waals surface area (Å²) < 4.78 is 0. The quantitative estimate of drug-likeness (QED) is 0.715. The van der Waals surface area contributed by atoms with E-state index in [1.165, 1.54) is 16.7 Å². The van der Waals surface area contributed by atoms with Gasteiger partial charge in [0.25, 0.3) is 5.91 Å². The SMILES string of the molecule is Cc1cccc(Nc2cncc(C(=O)N3CCCc4ccccc43)c2)c1C. The van der Waals surface area contributed by atoms with Gasteiger partial charge in [0.2, 0.25) is 0 Å². The number of carbonyl (C=O) groups excluding carboxylic acids is 1. The Morgan fingerprint density at radius 2 is 1.93 bits per heavy atom. The zero-order valence-electron chi connectivity index (χ0n) is 15.7. The normalized spacial score (nSPS) is 13.2. The predicted octanol–water partition coefficient (Wildman–Crippen LogP) is 5.04. The summed E-state index contributed by atoms with van der Waals surface area (Å²) in [5.41, 5.74) is 7.12. The van der Waals surface area contributed by atoms with Crippen LogP contribution < -0.4 is 10.2 Å². The highest BCUT2D eigenvalue weighted by molar-refractivity contribution is 6.07. The minimum atomic E-state index is -0.000681. The summed E-state index contributed by atoms with van der Waals surface area (Å²) >= 11 is 0. The summed E-state index contributed by atoms with van der Waals surface area (Å²) in [5.74, 6) is -0.000681. The average molecular weight is 357 g/mol. The Balaban J connectivity index is 1.61. The Bertz CT molecular complexity index is 996. The van der Waals surface area contributed by atoms with Gasteiger partial charge >= 0.3 is 0 Å². The van der Waals surface area contributed by atoms with Gasteiger partial charge in [0.05, 0.1) is 17.4 Å². The van der Waals surface area contributed by atoms with Gasteiger partial charge in [-0.2, -0.15) is 0 Å². The zero-order chi connectivity index (χ0) is 18.8. The van der Waals surface area contributed by atoms with Crippen LogP contribution in [0.1, 0.15) is 33.5 Å². The van der Waals surface area contributed by atoms with Gasteiger partial charge in [-0.05, 0) is 61.6 Å². The number of amides is 1. The summed E-state index contributed by atoms with van der Waals surface area (Å²) in [7, 11) is 0. The van der Waals surface area contributed by atoms with E-state index in [-0.39, 0.29) is 5.91 Å². The predicted molar refractivity (Wildman–Crippen MR) is 110 cm³/mol. The number of hydrogen-bond donors (Lipinski definition) is 1. The van der Waals surface area contributed by atoms with Crippen molar-refractivity contribution in [2.24, 2.45) is 0 Å². The number of fused-ring (bicyclic) bond motifs is 1. The number of nitrogens with zero attached hydrogens (tertiary/aromatic N) is 2. The second kappa shape index (κ2) is 7.23. The molecule has 0 radical (unpaired) electrons. The number of nitrogens with one attached hydrogen (secondary N) is 1. The van der Waals surface area contributed by atoms with Gasteiger partial charge in [0.1, 0.15) is 0 Å². The number of anilines is 3. The molecule has 1 aliphatic heterocycles. The third-order valence-electron chi connectivity index (χ3n) is 5.22. The molecule has 27 heavy (non-hydrogen) atoms. The van der Waals surface area contributed by atoms with Crippen molar-refractivity contribution >= 4 is 23.0 Å². The molecule has 4 heteroatoms.